The number of halogens is 1. The van der Waals surface area contributed by atoms with Gasteiger partial charge in [0.2, 0.25) is 0 Å². The predicted octanol–water partition coefficient (Wildman–Crippen LogP) is 3.26. The third-order valence-electron chi connectivity index (χ3n) is 3.28. The van der Waals surface area contributed by atoms with Crippen molar-refractivity contribution in [1.29, 1.82) is 0 Å². The number of carbonyl (C=O) groups excluding carboxylic acids is 2. The molecule has 5 heteroatoms. The number of hydrogen-bond donors (Lipinski definition) is 1. The maximum atomic E-state index is 13.0. The van der Waals surface area contributed by atoms with Crippen molar-refractivity contribution in [1.82, 2.24) is 5.32 Å². The van der Waals surface area contributed by atoms with Crippen LogP contribution in [0.1, 0.15) is 24.1 Å². The van der Waals surface area contributed by atoms with Crippen LogP contribution in [-0.2, 0) is 14.3 Å². The highest BCUT2D eigenvalue weighted by molar-refractivity contribution is 5.89. The molecule has 0 bridgehead atoms. The molecule has 1 amide bonds. The molecule has 0 saturated heterocycles. The van der Waals surface area contributed by atoms with Gasteiger partial charge < -0.3 is 10.1 Å². The third-order valence-corrected chi connectivity index (χ3v) is 3.28. The second-order valence-corrected chi connectivity index (χ2v) is 5.20. The lowest BCUT2D eigenvalue weighted by Crippen LogP contribution is -2.30. The number of rotatable bonds is 6. The lowest BCUT2D eigenvalue weighted by molar-refractivity contribution is -0.144. The van der Waals surface area contributed by atoms with Gasteiger partial charge in [0.15, 0.2) is 6.61 Å². The Bertz CT molecular complexity index is 728. The first-order chi connectivity index (χ1) is 11.5. The van der Waals surface area contributed by atoms with Crippen molar-refractivity contribution >= 4 is 18.0 Å². The maximum absolute atomic E-state index is 13.0. The fraction of sp³-hybridized carbons (Fsp3) is 0.158. The Morgan fingerprint density at radius 2 is 1.92 bits per heavy atom. The Kier molecular flexibility index (Phi) is 6.25. The van der Waals surface area contributed by atoms with Gasteiger partial charge in [-0.2, -0.15) is 0 Å². The number of nitrogens with one attached hydrogen (secondary N) is 1. The van der Waals surface area contributed by atoms with Gasteiger partial charge in [-0.15, -0.1) is 0 Å². The van der Waals surface area contributed by atoms with Gasteiger partial charge in [0.1, 0.15) is 5.82 Å². The second-order valence-electron chi connectivity index (χ2n) is 5.20. The van der Waals surface area contributed by atoms with E-state index < -0.39 is 5.97 Å². The van der Waals surface area contributed by atoms with Crippen molar-refractivity contribution < 1.29 is 18.7 Å². The molecular formula is C19H18FNO3. The molecule has 24 heavy (non-hydrogen) atoms. The molecule has 0 aliphatic rings. The summed E-state index contributed by atoms with van der Waals surface area (Å²) in [6.07, 6.45) is 2.58. The molecule has 0 radical (unpaired) electrons. The van der Waals surface area contributed by atoms with Crippen LogP contribution < -0.4 is 5.32 Å². The van der Waals surface area contributed by atoms with Crippen molar-refractivity contribution in [3.8, 4) is 0 Å². The number of amides is 1. The lowest BCUT2D eigenvalue weighted by atomic mass is 10.1. The fourth-order valence-corrected chi connectivity index (χ4v) is 2.07. The van der Waals surface area contributed by atoms with Crippen molar-refractivity contribution in [3.05, 3.63) is 77.6 Å². The number of hydrogen-bond acceptors (Lipinski definition) is 3. The minimum atomic E-state index is -0.665. The quantitative estimate of drug-likeness (QED) is 0.654. The molecule has 0 spiro atoms. The minimum absolute atomic E-state index is 0.180. The molecule has 0 fully saturated rings. The van der Waals surface area contributed by atoms with Crippen LogP contribution in [0.3, 0.4) is 0 Å². The van der Waals surface area contributed by atoms with Gasteiger partial charge in [-0.1, -0.05) is 42.5 Å². The van der Waals surface area contributed by atoms with Crippen molar-refractivity contribution in [2.75, 3.05) is 6.61 Å². The van der Waals surface area contributed by atoms with Crippen molar-refractivity contribution in [2.45, 2.75) is 13.0 Å². The summed E-state index contributed by atoms with van der Waals surface area (Å²) in [7, 11) is 0. The number of benzene rings is 2. The molecule has 4 nitrogen and oxygen atoms in total. The first-order valence-corrected chi connectivity index (χ1v) is 7.49. The first-order valence-electron chi connectivity index (χ1n) is 7.49. The van der Waals surface area contributed by atoms with Crippen molar-refractivity contribution in [3.63, 3.8) is 0 Å². The van der Waals surface area contributed by atoms with E-state index in [4.69, 9.17) is 4.74 Å². The van der Waals surface area contributed by atoms with Crippen LogP contribution in [0.5, 0.6) is 0 Å². The maximum Gasteiger partial charge on any atom is 0.331 e. The third kappa shape index (κ3) is 5.68. The second kappa shape index (κ2) is 8.62. The largest absolute Gasteiger partial charge is 0.452 e. The Morgan fingerprint density at radius 3 is 2.62 bits per heavy atom. The molecule has 1 N–H and O–H groups in total. The Labute approximate surface area is 140 Å². The van der Waals surface area contributed by atoms with Gasteiger partial charge in [-0.25, -0.2) is 9.18 Å². The summed E-state index contributed by atoms with van der Waals surface area (Å²) in [6, 6.07) is 15.1. The molecule has 2 rings (SSSR count). The average molecular weight is 327 g/mol. The Balaban J connectivity index is 1.78. The van der Waals surface area contributed by atoms with Crippen LogP contribution in [0.4, 0.5) is 4.39 Å². The van der Waals surface area contributed by atoms with E-state index >= 15 is 0 Å². The number of ether oxygens (including phenoxy) is 1. The van der Waals surface area contributed by atoms with E-state index in [1.807, 2.05) is 37.3 Å². The van der Waals surface area contributed by atoms with E-state index in [9.17, 15) is 14.0 Å². The normalized spacial score (nSPS) is 11.9. The van der Waals surface area contributed by atoms with Gasteiger partial charge in [0.25, 0.3) is 5.91 Å². The molecule has 2 aromatic carbocycles. The summed E-state index contributed by atoms with van der Waals surface area (Å²) in [4.78, 5) is 23.4. The highest BCUT2D eigenvalue weighted by Gasteiger charge is 2.10. The molecule has 0 saturated carbocycles. The summed E-state index contributed by atoms with van der Waals surface area (Å²) < 4.78 is 17.9. The smallest absolute Gasteiger partial charge is 0.331 e. The topological polar surface area (TPSA) is 55.4 Å². The molecule has 0 aliphatic heterocycles. The molecule has 0 heterocycles. The lowest BCUT2D eigenvalue weighted by Gasteiger charge is -2.13. The average Bonchev–Trinajstić information content (AvgIpc) is 2.59. The zero-order valence-corrected chi connectivity index (χ0v) is 13.2. The highest BCUT2D eigenvalue weighted by atomic mass is 19.1. The van der Waals surface area contributed by atoms with E-state index in [1.54, 1.807) is 12.1 Å². The summed E-state index contributed by atoms with van der Waals surface area (Å²) in [5, 5.41) is 2.74. The molecular weight excluding hydrogens is 309 g/mol. The van der Waals surface area contributed by atoms with E-state index in [0.717, 1.165) is 11.6 Å². The van der Waals surface area contributed by atoms with E-state index in [1.165, 1.54) is 18.2 Å². The fourth-order valence-electron chi connectivity index (χ4n) is 2.07. The van der Waals surface area contributed by atoms with E-state index in [2.05, 4.69) is 5.32 Å². The molecule has 0 aromatic heterocycles. The summed E-state index contributed by atoms with van der Waals surface area (Å²) in [6.45, 7) is 1.47. The number of esters is 1. The Morgan fingerprint density at radius 1 is 1.17 bits per heavy atom. The molecule has 1 atom stereocenters. The summed E-state index contributed by atoms with van der Waals surface area (Å²) >= 11 is 0. The molecule has 0 aliphatic carbocycles. The van der Waals surface area contributed by atoms with Crippen LogP contribution in [0, 0.1) is 5.82 Å². The van der Waals surface area contributed by atoms with Gasteiger partial charge >= 0.3 is 5.97 Å². The van der Waals surface area contributed by atoms with Crippen LogP contribution >= 0.6 is 0 Å². The van der Waals surface area contributed by atoms with Crippen molar-refractivity contribution in [2.24, 2.45) is 0 Å². The van der Waals surface area contributed by atoms with E-state index in [0.29, 0.717) is 5.56 Å². The monoisotopic (exact) mass is 327 g/mol. The zero-order valence-electron chi connectivity index (χ0n) is 13.2. The highest BCUT2D eigenvalue weighted by Crippen LogP contribution is 2.10. The summed E-state index contributed by atoms with van der Waals surface area (Å²) in [5.74, 6) is -1.44. The molecule has 0 unspecified atom stereocenters. The Hall–Kier alpha value is -2.95. The van der Waals surface area contributed by atoms with Gasteiger partial charge in [0, 0.05) is 6.08 Å². The molecule has 2 aromatic rings. The number of carbonyl (C=O) groups is 2. The summed E-state index contributed by atoms with van der Waals surface area (Å²) in [5.41, 5.74) is 1.50. The van der Waals surface area contributed by atoms with Crippen LogP contribution in [0.15, 0.2) is 60.7 Å². The van der Waals surface area contributed by atoms with Gasteiger partial charge in [0.05, 0.1) is 6.04 Å². The van der Waals surface area contributed by atoms with Crippen LogP contribution in [0.25, 0.3) is 6.08 Å². The van der Waals surface area contributed by atoms with Gasteiger partial charge in [-0.05, 0) is 36.3 Å². The van der Waals surface area contributed by atoms with Crippen LogP contribution in [-0.4, -0.2) is 18.5 Å². The van der Waals surface area contributed by atoms with Gasteiger partial charge in [-0.3, -0.25) is 4.79 Å². The predicted molar refractivity (Wildman–Crippen MR) is 89.4 cm³/mol. The first kappa shape index (κ1) is 17.4. The SMILES string of the molecule is C[C@H](NC(=O)COC(=O)/C=C/c1cccc(F)c1)c1ccccc1. The minimum Gasteiger partial charge on any atom is -0.452 e. The zero-order chi connectivity index (χ0) is 17.4. The van der Waals surface area contributed by atoms with Crippen LogP contribution in [0.2, 0.25) is 0 Å². The standard InChI is InChI=1S/C19H18FNO3/c1-14(16-7-3-2-4-8-16)21-18(22)13-24-19(23)11-10-15-6-5-9-17(20)12-15/h2-12,14H,13H2,1H3,(H,21,22)/b11-10+/t14-/m0/s1. The van der Waals surface area contributed by atoms with E-state index in [-0.39, 0.29) is 24.4 Å². The molecule has 124 valence electrons.